The number of aryl methyl sites for hydroxylation is 2. The number of furan rings is 1. The Bertz CT molecular complexity index is 1460. The summed E-state index contributed by atoms with van der Waals surface area (Å²) in [5.41, 5.74) is 10.8. The highest BCUT2D eigenvalue weighted by Gasteiger charge is 2.23. The summed E-state index contributed by atoms with van der Waals surface area (Å²) in [7, 11) is 0. The molecule has 0 fully saturated rings. The lowest BCUT2D eigenvalue weighted by atomic mass is 10.1. The van der Waals surface area contributed by atoms with E-state index < -0.39 is 0 Å². The minimum atomic E-state index is -0.313. The van der Waals surface area contributed by atoms with E-state index in [1.807, 2.05) is 24.8 Å². The summed E-state index contributed by atoms with van der Waals surface area (Å²) in [5.74, 6) is 0.352. The molecule has 1 aliphatic heterocycles. The van der Waals surface area contributed by atoms with Crippen LogP contribution < -0.4 is 21.5 Å². The van der Waals surface area contributed by atoms with Gasteiger partial charge in [0.2, 0.25) is 11.8 Å². The van der Waals surface area contributed by atoms with Crippen molar-refractivity contribution < 1.29 is 9.21 Å². The Morgan fingerprint density at radius 1 is 1.18 bits per heavy atom. The van der Waals surface area contributed by atoms with Crippen molar-refractivity contribution in [1.29, 1.82) is 0 Å². The third-order valence-electron chi connectivity index (χ3n) is 6.01. The van der Waals surface area contributed by atoms with Gasteiger partial charge in [-0.1, -0.05) is 6.07 Å². The molecule has 0 saturated carbocycles. The maximum atomic E-state index is 13.6. The van der Waals surface area contributed by atoms with E-state index in [4.69, 9.17) is 10.2 Å². The Labute approximate surface area is 195 Å². The Kier molecular flexibility index (Phi) is 5.37. The maximum absolute atomic E-state index is 13.6. The molecule has 9 heteroatoms. The Morgan fingerprint density at radius 3 is 2.82 bits per heavy atom. The zero-order valence-electron chi connectivity index (χ0n) is 18.9. The van der Waals surface area contributed by atoms with Gasteiger partial charge < -0.3 is 15.1 Å². The van der Waals surface area contributed by atoms with Crippen molar-refractivity contribution >= 4 is 23.4 Å². The summed E-state index contributed by atoms with van der Waals surface area (Å²) in [4.78, 5) is 36.8. The summed E-state index contributed by atoms with van der Waals surface area (Å²) in [6.45, 7) is 4.95. The van der Waals surface area contributed by atoms with Crippen molar-refractivity contribution in [2.75, 3.05) is 22.5 Å². The SMILES string of the molecule is Cc1ccoc1NC(=O)c1cccc(-n2ccc(C)c(N3CCc4nc(N)ncc4C3)c2=O)c1. The predicted octanol–water partition coefficient (Wildman–Crippen LogP) is 3.23. The van der Waals surface area contributed by atoms with Crippen molar-refractivity contribution in [3.05, 3.63) is 93.4 Å². The molecule has 0 unspecified atom stereocenters. The molecule has 4 aromatic rings. The molecule has 5 rings (SSSR count). The van der Waals surface area contributed by atoms with E-state index in [0.29, 0.717) is 42.3 Å². The molecule has 3 N–H and O–H groups in total. The smallest absolute Gasteiger partial charge is 0.278 e. The maximum Gasteiger partial charge on any atom is 0.278 e. The molecule has 1 aromatic carbocycles. The fraction of sp³-hybridized carbons (Fsp3) is 0.200. The van der Waals surface area contributed by atoms with Gasteiger partial charge in [0.15, 0.2) is 0 Å². The van der Waals surface area contributed by atoms with Crippen LogP contribution in [0.2, 0.25) is 0 Å². The first kappa shape index (κ1) is 21.4. The van der Waals surface area contributed by atoms with Gasteiger partial charge in [-0.25, -0.2) is 9.97 Å². The molecule has 0 spiro atoms. The summed E-state index contributed by atoms with van der Waals surface area (Å²) < 4.78 is 6.87. The first-order chi connectivity index (χ1) is 16.4. The molecule has 4 heterocycles. The van der Waals surface area contributed by atoms with Crippen LogP contribution in [0.25, 0.3) is 5.69 Å². The monoisotopic (exact) mass is 456 g/mol. The molecule has 3 aromatic heterocycles. The highest BCUT2D eigenvalue weighted by atomic mass is 16.3. The largest absolute Gasteiger partial charge is 0.448 e. The van der Waals surface area contributed by atoms with E-state index in [-0.39, 0.29) is 17.4 Å². The van der Waals surface area contributed by atoms with Gasteiger partial charge in [0, 0.05) is 54.3 Å². The molecule has 0 saturated heterocycles. The number of pyridine rings is 1. The van der Waals surface area contributed by atoms with Crippen molar-refractivity contribution in [1.82, 2.24) is 14.5 Å². The third-order valence-corrected chi connectivity index (χ3v) is 6.01. The quantitative estimate of drug-likeness (QED) is 0.484. The molecule has 0 bridgehead atoms. The molecular formula is C25H24N6O3. The number of carbonyl (C=O) groups excluding carboxylic acids is 1. The fourth-order valence-corrected chi connectivity index (χ4v) is 4.20. The second kappa shape index (κ2) is 8.51. The predicted molar refractivity (Wildman–Crippen MR) is 129 cm³/mol. The molecule has 1 aliphatic rings. The molecule has 0 atom stereocenters. The molecule has 1 amide bonds. The van der Waals surface area contributed by atoms with Crippen LogP contribution >= 0.6 is 0 Å². The zero-order valence-corrected chi connectivity index (χ0v) is 18.9. The summed E-state index contributed by atoms with van der Waals surface area (Å²) in [5, 5.41) is 2.76. The number of hydrogen-bond donors (Lipinski definition) is 2. The van der Waals surface area contributed by atoms with Crippen LogP contribution in [0.3, 0.4) is 0 Å². The number of carbonyl (C=O) groups is 1. The Hall–Kier alpha value is -4.40. The van der Waals surface area contributed by atoms with Gasteiger partial charge in [-0.05, 0) is 49.7 Å². The lowest BCUT2D eigenvalue weighted by molar-refractivity contribution is 0.102. The topological polar surface area (TPSA) is 119 Å². The molecule has 172 valence electrons. The Balaban J connectivity index is 1.47. The first-order valence-electron chi connectivity index (χ1n) is 10.9. The molecular weight excluding hydrogens is 432 g/mol. The van der Waals surface area contributed by atoms with E-state index in [0.717, 1.165) is 22.4 Å². The van der Waals surface area contributed by atoms with Gasteiger partial charge in [-0.15, -0.1) is 0 Å². The van der Waals surface area contributed by atoms with E-state index in [1.165, 1.54) is 6.26 Å². The summed E-state index contributed by atoms with van der Waals surface area (Å²) >= 11 is 0. The van der Waals surface area contributed by atoms with Gasteiger partial charge in [0.05, 0.1) is 12.0 Å². The van der Waals surface area contributed by atoms with Crippen molar-refractivity contribution in [3.8, 4) is 5.69 Å². The Morgan fingerprint density at radius 2 is 2.03 bits per heavy atom. The number of benzene rings is 1. The van der Waals surface area contributed by atoms with E-state index >= 15 is 0 Å². The second-order valence-corrected chi connectivity index (χ2v) is 8.33. The van der Waals surface area contributed by atoms with Crippen molar-refractivity contribution in [2.45, 2.75) is 26.8 Å². The van der Waals surface area contributed by atoms with Gasteiger partial charge in [0.25, 0.3) is 11.5 Å². The number of aromatic nitrogens is 3. The van der Waals surface area contributed by atoms with Gasteiger partial charge in [-0.2, -0.15) is 0 Å². The van der Waals surface area contributed by atoms with Crippen LogP contribution in [-0.2, 0) is 13.0 Å². The molecule has 0 aliphatic carbocycles. The highest BCUT2D eigenvalue weighted by Crippen LogP contribution is 2.24. The van der Waals surface area contributed by atoms with E-state index in [9.17, 15) is 9.59 Å². The van der Waals surface area contributed by atoms with E-state index in [1.54, 1.807) is 47.3 Å². The summed E-state index contributed by atoms with van der Waals surface area (Å²) in [6.07, 6.45) is 5.66. The number of rotatable bonds is 4. The number of hydrogen-bond acceptors (Lipinski definition) is 7. The van der Waals surface area contributed by atoms with Crippen LogP contribution in [0.15, 0.2) is 64.3 Å². The lowest BCUT2D eigenvalue weighted by Gasteiger charge is -2.30. The number of nitrogens with one attached hydrogen (secondary N) is 1. The van der Waals surface area contributed by atoms with Crippen molar-refractivity contribution in [2.24, 2.45) is 0 Å². The molecule has 0 radical (unpaired) electrons. The lowest BCUT2D eigenvalue weighted by Crippen LogP contribution is -2.37. The molecule has 9 nitrogen and oxygen atoms in total. The van der Waals surface area contributed by atoms with E-state index in [2.05, 4.69) is 15.3 Å². The second-order valence-electron chi connectivity index (χ2n) is 8.33. The normalized spacial score (nSPS) is 12.9. The van der Waals surface area contributed by atoms with Gasteiger partial charge in [0.1, 0.15) is 5.69 Å². The first-order valence-corrected chi connectivity index (χ1v) is 10.9. The fourth-order valence-electron chi connectivity index (χ4n) is 4.20. The molecule has 34 heavy (non-hydrogen) atoms. The number of nitrogens with two attached hydrogens (primary N) is 1. The van der Waals surface area contributed by atoms with Crippen LogP contribution in [0.4, 0.5) is 17.5 Å². The average molecular weight is 457 g/mol. The standard InChI is InChI=1S/C25H24N6O3/c1-15-6-10-31(19-5-3-4-17(12-19)22(32)29-23-16(2)8-11-34-23)24(33)21(15)30-9-7-20-18(14-30)13-27-25(26)28-20/h3-6,8,10-13H,7,9,14H2,1-2H3,(H,29,32)(H2,26,27,28). The minimum Gasteiger partial charge on any atom is -0.448 e. The van der Waals surface area contributed by atoms with Crippen LogP contribution in [0.5, 0.6) is 0 Å². The van der Waals surface area contributed by atoms with Gasteiger partial charge >= 0.3 is 0 Å². The van der Waals surface area contributed by atoms with Crippen LogP contribution in [-0.4, -0.2) is 27.0 Å². The summed E-state index contributed by atoms with van der Waals surface area (Å²) in [6, 6.07) is 10.6. The number of amides is 1. The van der Waals surface area contributed by atoms with Crippen molar-refractivity contribution in [3.63, 3.8) is 0 Å². The van der Waals surface area contributed by atoms with Crippen LogP contribution in [0, 0.1) is 13.8 Å². The minimum absolute atomic E-state index is 0.153. The highest BCUT2D eigenvalue weighted by molar-refractivity contribution is 6.04. The zero-order chi connectivity index (χ0) is 23.8. The number of fused-ring (bicyclic) bond motifs is 1. The number of anilines is 3. The third kappa shape index (κ3) is 3.92. The number of nitrogen functional groups attached to an aromatic ring is 1. The number of nitrogens with zero attached hydrogens (tertiary/aromatic N) is 4. The average Bonchev–Trinajstić information content (AvgIpc) is 3.23. The van der Waals surface area contributed by atoms with Gasteiger partial charge in [-0.3, -0.25) is 19.5 Å². The van der Waals surface area contributed by atoms with Crippen LogP contribution in [0.1, 0.15) is 32.7 Å².